The smallest absolute Gasteiger partial charge is 0.346 e. The first-order valence-electron chi connectivity index (χ1n) is 4.90. The van der Waals surface area contributed by atoms with Gasteiger partial charge in [-0.15, -0.1) is 23.5 Å². The molecule has 0 bridgehead atoms. The van der Waals surface area contributed by atoms with Gasteiger partial charge in [-0.05, 0) is 19.6 Å². The quantitative estimate of drug-likeness (QED) is 0.717. The molecule has 0 radical (unpaired) electrons. The summed E-state index contributed by atoms with van der Waals surface area (Å²) >= 11 is 3.25. The Morgan fingerprint density at radius 2 is 2.33 bits per heavy atom. The predicted molar refractivity (Wildman–Crippen MR) is 67.4 cm³/mol. The minimum Gasteiger partial charge on any atom is -0.462 e. The minimum atomic E-state index is -0.246. The topological polar surface area (TPSA) is 38.7 Å². The highest BCUT2D eigenvalue weighted by Crippen LogP contribution is 2.29. The number of carbonyl (C=O) groups excluding carboxylic acids is 1. The summed E-state index contributed by atoms with van der Waals surface area (Å²) in [5.74, 6) is 1.55. The van der Waals surface area contributed by atoms with Crippen LogP contribution in [0.4, 0.5) is 0 Å². The molecule has 1 heterocycles. The molecular weight excluding hydrogens is 230 g/mol. The summed E-state index contributed by atoms with van der Waals surface area (Å²) in [5.41, 5.74) is 0.778. The number of thioether (sulfide) groups is 2. The van der Waals surface area contributed by atoms with E-state index in [1.165, 1.54) is 11.8 Å². The number of hydrogen-bond donors (Lipinski definition) is 0. The minimum absolute atomic E-state index is 0.246. The lowest BCUT2D eigenvalue weighted by atomic mass is 10.4. The number of hydrogen-bond acceptors (Lipinski definition) is 5. The van der Waals surface area contributed by atoms with E-state index in [1.54, 1.807) is 11.8 Å². The van der Waals surface area contributed by atoms with Gasteiger partial charge in [0, 0.05) is 5.75 Å². The van der Waals surface area contributed by atoms with Gasteiger partial charge in [0.15, 0.2) is 0 Å². The van der Waals surface area contributed by atoms with Crippen LogP contribution in [0.15, 0.2) is 15.6 Å². The number of allylic oxidation sites excluding steroid dienone is 1. The highest BCUT2D eigenvalue weighted by atomic mass is 32.2. The van der Waals surface area contributed by atoms with Crippen molar-refractivity contribution in [2.75, 3.05) is 18.1 Å². The summed E-state index contributed by atoms with van der Waals surface area (Å²) in [6.45, 7) is 6.17. The third kappa shape index (κ3) is 3.57. The number of carbonyl (C=O) groups is 1. The van der Waals surface area contributed by atoms with Crippen molar-refractivity contribution in [3.63, 3.8) is 0 Å². The number of esters is 1. The molecule has 5 heteroatoms. The van der Waals surface area contributed by atoms with Crippen LogP contribution in [-0.2, 0) is 9.53 Å². The Kier molecular flexibility index (Phi) is 5.25. The molecule has 3 nitrogen and oxygen atoms in total. The maximum absolute atomic E-state index is 11.5. The first-order chi connectivity index (χ1) is 7.19. The van der Waals surface area contributed by atoms with Crippen molar-refractivity contribution in [2.24, 2.45) is 4.99 Å². The SMILES string of the molecule is CCOC(=O)C1=C(C)N=C(SCC)CS1. The molecule has 0 aromatic heterocycles. The fourth-order valence-electron chi connectivity index (χ4n) is 1.15. The van der Waals surface area contributed by atoms with Crippen molar-refractivity contribution < 1.29 is 9.53 Å². The molecule has 0 N–H and O–H groups in total. The van der Waals surface area contributed by atoms with Crippen molar-refractivity contribution in [1.82, 2.24) is 0 Å². The van der Waals surface area contributed by atoms with E-state index in [2.05, 4.69) is 11.9 Å². The summed E-state index contributed by atoms with van der Waals surface area (Å²) in [7, 11) is 0. The maximum Gasteiger partial charge on any atom is 0.346 e. The summed E-state index contributed by atoms with van der Waals surface area (Å²) in [5, 5.41) is 1.09. The third-order valence-corrected chi connectivity index (χ3v) is 3.94. The lowest BCUT2D eigenvalue weighted by molar-refractivity contribution is -0.137. The van der Waals surface area contributed by atoms with Crippen LogP contribution >= 0.6 is 23.5 Å². The van der Waals surface area contributed by atoms with E-state index >= 15 is 0 Å². The van der Waals surface area contributed by atoms with Gasteiger partial charge < -0.3 is 4.74 Å². The molecule has 0 aliphatic carbocycles. The van der Waals surface area contributed by atoms with Crippen molar-refractivity contribution in [3.05, 3.63) is 10.6 Å². The van der Waals surface area contributed by atoms with E-state index in [9.17, 15) is 4.79 Å². The van der Waals surface area contributed by atoms with E-state index in [1.807, 2.05) is 13.8 Å². The van der Waals surface area contributed by atoms with Crippen LogP contribution in [0.25, 0.3) is 0 Å². The Bertz CT molecular complexity index is 311. The Labute approximate surface area is 98.7 Å². The first-order valence-corrected chi connectivity index (χ1v) is 6.87. The average Bonchev–Trinajstić information content (AvgIpc) is 2.18. The molecule has 0 aromatic carbocycles. The number of aliphatic imine (C=N–C) groups is 1. The fraction of sp³-hybridized carbons (Fsp3) is 0.600. The van der Waals surface area contributed by atoms with Gasteiger partial charge in [0.2, 0.25) is 0 Å². The molecule has 0 saturated carbocycles. The molecule has 0 spiro atoms. The van der Waals surface area contributed by atoms with Crippen molar-refractivity contribution in [1.29, 1.82) is 0 Å². The summed E-state index contributed by atoms with van der Waals surface area (Å²) in [4.78, 5) is 16.5. The summed E-state index contributed by atoms with van der Waals surface area (Å²) in [6, 6.07) is 0. The molecular formula is C10H15NO2S2. The molecule has 0 saturated heterocycles. The lowest BCUT2D eigenvalue weighted by Crippen LogP contribution is -2.12. The van der Waals surface area contributed by atoms with Crippen LogP contribution < -0.4 is 0 Å². The molecule has 0 fully saturated rings. The molecule has 0 aromatic rings. The largest absolute Gasteiger partial charge is 0.462 e. The second kappa shape index (κ2) is 6.23. The van der Waals surface area contributed by atoms with Crippen LogP contribution in [0.2, 0.25) is 0 Å². The maximum atomic E-state index is 11.5. The van der Waals surface area contributed by atoms with Crippen LogP contribution in [0.5, 0.6) is 0 Å². The predicted octanol–water partition coefficient (Wildman–Crippen LogP) is 2.68. The van der Waals surface area contributed by atoms with E-state index < -0.39 is 0 Å². The van der Waals surface area contributed by atoms with Gasteiger partial charge in [-0.1, -0.05) is 6.92 Å². The Morgan fingerprint density at radius 3 is 2.87 bits per heavy atom. The van der Waals surface area contributed by atoms with E-state index in [0.717, 1.165) is 22.2 Å². The molecule has 0 unspecified atom stereocenters. The highest BCUT2D eigenvalue weighted by molar-refractivity contribution is 8.16. The number of nitrogens with zero attached hydrogens (tertiary/aromatic N) is 1. The number of ether oxygens (including phenoxy) is 1. The zero-order valence-corrected chi connectivity index (χ0v) is 10.8. The zero-order valence-electron chi connectivity index (χ0n) is 9.20. The Morgan fingerprint density at radius 1 is 1.60 bits per heavy atom. The average molecular weight is 245 g/mol. The van der Waals surface area contributed by atoms with Crippen LogP contribution in [0.3, 0.4) is 0 Å². The van der Waals surface area contributed by atoms with Crippen LogP contribution in [0.1, 0.15) is 20.8 Å². The fourth-order valence-corrected chi connectivity index (χ4v) is 2.96. The van der Waals surface area contributed by atoms with Crippen LogP contribution in [-0.4, -0.2) is 29.1 Å². The van der Waals surface area contributed by atoms with Crippen molar-refractivity contribution in [2.45, 2.75) is 20.8 Å². The standard InChI is InChI=1S/C10H15NO2S2/c1-4-13-10(12)9-7(3)11-8(6-15-9)14-5-2/h4-6H2,1-3H3. The van der Waals surface area contributed by atoms with Crippen molar-refractivity contribution in [3.8, 4) is 0 Å². The molecule has 15 heavy (non-hydrogen) atoms. The van der Waals surface area contributed by atoms with Gasteiger partial charge in [-0.3, -0.25) is 0 Å². The molecule has 1 rings (SSSR count). The van der Waals surface area contributed by atoms with E-state index in [-0.39, 0.29) is 5.97 Å². The lowest BCUT2D eigenvalue weighted by Gasteiger charge is -2.14. The molecule has 1 aliphatic rings. The van der Waals surface area contributed by atoms with Gasteiger partial charge in [-0.2, -0.15) is 0 Å². The molecule has 0 amide bonds. The number of rotatable bonds is 3. The van der Waals surface area contributed by atoms with E-state index in [4.69, 9.17) is 4.74 Å². The Balaban J connectivity index is 2.74. The Hall–Kier alpha value is -0.420. The van der Waals surface area contributed by atoms with Gasteiger partial charge in [0.25, 0.3) is 0 Å². The van der Waals surface area contributed by atoms with Gasteiger partial charge in [0.1, 0.15) is 4.91 Å². The van der Waals surface area contributed by atoms with Crippen molar-refractivity contribution >= 4 is 34.5 Å². The molecule has 84 valence electrons. The normalized spacial score (nSPS) is 16.3. The monoisotopic (exact) mass is 245 g/mol. The van der Waals surface area contributed by atoms with E-state index in [0.29, 0.717) is 11.5 Å². The van der Waals surface area contributed by atoms with Gasteiger partial charge >= 0.3 is 5.97 Å². The summed E-state index contributed by atoms with van der Waals surface area (Å²) in [6.07, 6.45) is 0. The first kappa shape index (κ1) is 12.6. The molecule has 1 aliphatic heterocycles. The second-order valence-corrected chi connectivity index (χ2v) is 5.19. The second-order valence-electron chi connectivity index (χ2n) is 2.86. The van der Waals surface area contributed by atoms with Crippen LogP contribution in [0, 0.1) is 0 Å². The van der Waals surface area contributed by atoms with Gasteiger partial charge in [0.05, 0.1) is 17.3 Å². The zero-order chi connectivity index (χ0) is 11.3. The summed E-state index contributed by atoms with van der Waals surface area (Å²) < 4.78 is 4.95. The van der Waals surface area contributed by atoms with Gasteiger partial charge in [-0.25, -0.2) is 9.79 Å². The third-order valence-electron chi connectivity index (χ3n) is 1.73. The molecule has 0 atom stereocenters. The highest BCUT2D eigenvalue weighted by Gasteiger charge is 2.20.